The molecular formula is C22H31N3O5S. The van der Waals surface area contributed by atoms with Crippen LogP contribution in [0.25, 0.3) is 0 Å². The maximum absolute atomic E-state index is 12.8. The van der Waals surface area contributed by atoms with Crippen LogP contribution in [-0.4, -0.2) is 43.7 Å². The molecule has 2 unspecified atom stereocenters. The minimum Gasteiger partial charge on any atom is -0.494 e. The predicted molar refractivity (Wildman–Crippen MR) is 120 cm³/mol. The van der Waals surface area contributed by atoms with E-state index in [-0.39, 0.29) is 17.2 Å². The van der Waals surface area contributed by atoms with Crippen molar-refractivity contribution < 1.29 is 23.1 Å². The summed E-state index contributed by atoms with van der Waals surface area (Å²) in [6, 6.07) is 11.3. The van der Waals surface area contributed by atoms with Gasteiger partial charge in [-0.15, -0.1) is 0 Å². The molecule has 9 heteroatoms. The number of benzene rings is 1. The number of ether oxygens (including phenoxy) is 1. The number of aromatic nitrogens is 1. The van der Waals surface area contributed by atoms with Gasteiger partial charge in [-0.05, 0) is 43.0 Å². The number of unbranched alkanes of at least 4 members (excludes halogenated alkanes) is 1. The Bertz CT molecular complexity index is 922. The Morgan fingerprint density at radius 1 is 1.19 bits per heavy atom. The molecule has 2 rings (SSSR count). The van der Waals surface area contributed by atoms with Gasteiger partial charge in [0.15, 0.2) is 0 Å². The third-order valence-electron chi connectivity index (χ3n) is 4.96. The summed E-state index contributed by atoms with van der Waals surface area (Å²) in [5.74, 6) is 0.138. The molecule has 170 valence electrons. The first-order valence-corrected chi connectivity index (χ1v) is 11.9. The van der Waals surface area contributed by atoms with Crippen molar-refractivity contribution in [2.45, 2.75) is 50.5 Å². The Morgan fingerprint density at radius 2 is 2.00 bits per heavy atom. The van der Waals surface area contributed by atoms with Crippen LogP contribution in [0, 0.1) is 5.92 Å². The molecule has 0 saturated heterocycles. The van der Waals surface area contributed by atoms with Crippen molar-refractivity contribution in [3.63, 3.8) is 0 Å². The van der Waals surface area contributed by atoms with E-state index < -0.39 is 22.0 Å². The van der Waals surface area contributed by atoms with Crippen LogP contribution in [-0.2, 0) is 14.8 Å². The molecular weight excluding hydrogens is 418 g/mol. The highest BCUT2D eigenvalue weighted by Gasteiger charge is 2.26. The van der Waals surface area contributed by atoms with E-state index in [9.17, 15) is 13.2 Å². The number of pyridine rings is 1. The van der Waals surface area contributed by atoms with E-state index in [1.807, 2.05) is 32.0 Å². The molecule has 0 fully saturated rings. The van der Waals surface area contributed by atoms with E-state index in [2.05, 4.69) is 15.0 Å². The summed E-state index contributed by atoms with van der Waals surface area (Å²) in [5, 5.41) is 12.3. The number of rotatable bonds is 14. The lowest BCUT2D eigenvalue weighted by atomic mass is 9.97. The van der Waals surface area contributed by atoms with Crippen LogP contribution in [0.1, 0.15) is 39.5 Å². The average Bonchev–Trinajstić information content (AvgIpc) is 2.75. The number of carbonyl (C=O) groups is 1. The van der Waals surface area contributed by atoms with Crippen LogP contribution in [0.4, 0.5) is 5.82 Å². The molecule has 2 aromatic rings. The molecule has 0 aliphatic carbocycles. The first kappa shape index (κ1) is 24.6. The first-order valence-electron chi connectivity index (χ1n) is 10.4. The van der Waals surface area contributed by atoms with E-state index in [1.165, 1.54) is 12.1 Å². The standard InChI is InChI=1S/C22H31N3O5S/c1-3-17(2)20(16-22(26)27)25-31(28,29)19-10-8-9-18(15-19)30-14-7-6-13-24-21-11-4-5-12-23-21/h4-5,8-12,15,17,20,25H,3,6-7,13-14,16H2,1-2H3,(H,23,24)(H,26,27). The Kier molecular flexibility index (Phi) is 9.74. The van der Waals surface area contributed by atoms with Gasteiger partial charge in [0, 0.05) is 24.8 Å². The van der Waals surface area contributed by atoms with E-state index in [4.69, 9.17) is 9.84 Å². The van der Waals surface area contributed by atoms with E-state index in [0.29, 0.717) is 18.8 Å². The van der Waals surface area contributed by atoms with Gasteiger partial charge < -0.3 is 15.2 Å². The van der Waals surface area contributed by atoms with Gasteiger partial charge in [-0.1, -0.05) is 32.4 Å². The lowest BCUT2D eigenvalue weighted by Crippen LogP contribution is -2.40. The van der Waals surface area contributed by atoms with E-state index in [0.717, 1.165) is 25.2 Å². The summed E-state index contributed by atoms with van der Waals surface area (Å²) in [5.41, 5.74) is 0. The van der Waals surface area contributed by atoms with Crippen LogP contribution in [0.3, 0.4) is 0 Å². The highest BCUT2D eigenvalue weighted by atomic mass is 32.2. The number of anilines is 1. The molecule has 0 aliphatic heterocycles. The number of hydrogen-bond donors (Lipinski definition) is 3. The fraction of sp³-hybridized carbons (Fsp3) is 0.455. The second-order valence-electron chi connectivity index (χ2n) is 7.38. The minimum absolute atomic E-state index is 0.0560. The average molecular weight is 450 g/mol. The van der Waals surface area contributed by atoms with Gasteiger partial charge in [0.1, 0.15) is 11.6 Å². The number of nitrogens with zero attached hydrogens (tertiary/aromatic N) is 1. The summed E-state index contributed by atoms with van der Waals surface area (Å²) in [4.78, 5) is 15.4. The third kappa shape index (κ3) is 8.55. The van der Waals surface area contributed by atoms with Gasteiger partial charge in [0.25, 0.3) is 0 Å². The number of hydrogen-bond acceptors (Lipinski definition) is 6. The molecule has 1 aromatic carbocycles. The Morgan fingerprint density at radius 3 is 2.68 bits per heavy atom. The maximum Gasteiger partial charge on any atom is 0.304 e. The van der Waals surface area contributed by atoms with Gasteiger partial charge in [0.05, 0.1) is 17.9 Å². The molecule has 0 saturated carbocycles. The SMILES string of the molecule is CCC(C)C(CC(=O)O)NS(=O)(=O)c1cccc(OCCCCNc2ccccn2)c1. The minimum atomic E-state index is -3.86. The molecule has 0 radical (unpaired) electrons. The fourth-order valence-electron chi connectivity index (χ4n) is 2.93. The van der Waals surface area contributed by atoms with Crippen molar-refractivity contribution in [3.05, 3.63) is 48.7 Å². The number of nitrogens with one attached hydrogen (secondary N) is 2. The number of carboxylic acids is 1. The van der Waals surface area contributed by atoms with Gasteiger partial charge in [-0.3, -0.25) is 4.79 Å². The van der Waals surface area contributed by atoms with Crippen molar-refractivity contribution in [2.24, 2.45) is 5.92 Å². The molecule has 0 amide bonds. The van der Waals surface area contributed by atoms with Gasteiger partial charge in [0.2, 0.25) is 10.0 Å². The van der Waals surface area contributed by atoms with Crippen molar-refractivity contribution in [3.8, 4) is 5.75 Å². The smallest absolute Gasteiger partial charge is 0.304 e. The molecule has 0 bridgehead atoms. The lowest BCUT2D eigenvalue weighted by Gasteiger charge is -2.22. The zero-order valence-corrected chi connectivity index (χ0v) is 18.8. The monoisotopic (exact) mass is 449 g/mol. The zero-order valence-electron chi connectivity index (χ0n) is 18.0. The summed E-state index contributed by atoms with van der Waals surface area (Å²) >= 11 is 0. The second-order valence-corrected chi connectivity index (χ2v) is 9.10. The Balaban J connectivity index is 1.87. The fourth-order valence-corrected chi connectivity index (χ4v) is 4.31. The van der Waals surface area contributed by atoms with Gasteiger partial charge in [-0.2, -0.15) is 0 Å². The lowest BCUT2D eigenvalue weighted by molar-refractivity contribution is -0.137. The highest BCUT2D eigenvalue weighted by Crippen LogP contribution is 2.20. The van der Waals surface area contributed by atoms with Crippen LogP contribution in [0.2, 0.25) is 0 Å². The molecule has 1 heterocycles. The number of sulfonamides is 1. The van der Waals surface area contributed by atoms with E-state index in [1.54, 1.807) is 18.3 Å². The Labute approximate surface area is 184 Å². The molecule has 2 atom stereocenters. The predicted octanol–water partition coefficient (Wildman–Crippen LogP) is 3.52. The molecule has 31 heavy (non-hydrogen) atoms. The summed E-state index contributed by atoms with van der Waals surface area (Å²) in [6.07, 6.45) is 3.80. The number of carboxylic acid groups (broad SMARTS) is 1. The topological polar surface area (TPSA) is 118 Å². The molecule has 3 N–H and O–H groups in total. The molecule has 0 spiro atoms. The molecule has 1 aromatic heterocycles. The van der Waals surface area contributed by atoms with Crippen molar-refractivity contribution in [1.82, 2.24) is 9.71 Å². The quantitative estimate of drug-likeness (QED) is 0.378. The normalized spacial score (nSPS) is 13.4. The number of aliphatic carboxylic acids is 1. The summed E-state index contributed by atoms with van der Waals surface area (Å²) in [6.45, 7) is 4.95. The summed E-state index contributed by atoms with van der Waals surface area (Å²) < 4.78 is 33.8. The van der Waals surface area contributed by atoms with Crippen LogP contribution in [0.15, 0.2) is 53.6 Å². The van der Waals surface area contributed by atoms with Crippen LogP contribution < -0.4 is 14.8 Å². The highest BCUT2D eigenvalue weighted by molar-refractivity contribution is 7.89. The Hall–Kier alpha value is -2.65. The van der Waals surface area contributed by atoms with Gasteiger partial charge >= 0.3 is 5.97 Å². The van der Waals surface area contributed by atoms with E-state index >= 15 is 0 Å². The molecule has 0 aliphatic rings. The second kappa shape index (κ2) is 12.3. The van der Waals surface area contributed by atoms with Crippen LogP contribution in [0.5, 0.6) is 5.75 Å². The van der Waals surface area contributed by atoms with Crippen molar-refractivity contribution >= 4 is 21.8 Å². The summed E-state index contributed by atoms with van der Waals surface area (Å²) in [7, 11) is -3.86. The third-order valence-corrected chi connectivity index (χ3v) is 6.45. The first-order chi connectivity index (χ1) is 14.8. The maximum atomic E-state index is 12.8. The largest absolute Gasteiger partial charge is 0.494 e. The van der Waals surface area contributed by atoms with Crippen molar-refractivity contribution in [2.75, 3.05) is 18.5 Å². The van der Waals surface area contributed by atoms with Crippen LogP contribution >= 0.6 is 0 Å². The van der Waals surface area contributed by atoms with Gasteiger partial charge in [-0.25, -0.2) is 18.1 Å². The van der Waals surface area contributed by atoms with Crippen molar-refractivity contribution in [1.29, 1.82) is 0 Å². The zero-order chi connectivity index (χ0) is 22.7. The molecule has 8 nitrogen and oxygen atoms in total.